The standard InChI is InChI=1S/C17H32N4O3S/c1-19(15-6-4-10-20(13-15)25(2,23)24)11-12-21-14-5-3-8-17(21,9-7-14)16(18)22/h14-15H,3-13H2,1-2H3,(H2,18,22)/t14-,15-,17+/m1/s1. The van der Waals surface area contributed by atoms with Crippen molar-refractivity contribution in [2.24, 2.45) is 5.73 Å². The molecule has 25 heavy (non-hydrogen) atoms. The highest BCUT2D eigenvalue weighted by atomic mass is 32.2. The smallest absolute Gasteiger partial charge is 0.237 e. The number of primary amides is 1. The second-order valence-corrected chi connectivity index (χ2v) is 10.1. The monoisotopic (exact) mass is 372 g/mol. The minimum absolute atomic E-state index is 0.168. The molecule has 0 aromatic rings. The molecular weight excluding hydrogens is 340 g/mol. The Morgan fingerprint density at radius 1 is 1.24 bits per heavy atom. The van der Waals surface area contributed by atoms with Gasteiger partial charge < -0.3 is 10.6 Å². The molecule has 8 heteroatoms. The molecule has 0 aromatic heterocycles. The van der Waals surface area contributed by atoms with Gasteiger partial charge in [0.2, 0.25) is 15.9 Å². The van der Waals surface area contributed by atoms with Gasteiger partial charge in [0.25, 0.3) is 0 Å². The van der Waals surface area contributed by atoms with E-state index in [0.717, 1.165) is 58.0 Å². The summed E-state index contributed by atoms with van der Waals surface area (Å²) in [6.45, 7) is 2.87. The van der Waals surface area contributed by atoms with Gasteiger partial charge in [-0.1, -0.05) is 0 Å². The highest BCUT2D eigenvalue weighted by Crippen LogP contribution is 2.43. The zero-order valence-electron chi connectivity index (χ0n) is 15.5. The van der Waals surface area contributed by atoms with Crippen LogP contribution in [-0.2, 0) is 14.8 Å². The number of carbonyl (C=O) groups excluding carboxylic acids is 1. The van der Waals surface area contributed by atoms with Gasteiger partial charge in [-0.05, 0) is 52.0 Å². The summed E-state index contributed by atoms with van der Waals surface area (Å²) >= 11 is 0. The number of carbonyl (C=O) groups is 1. The van der Waals surface area contributed by atoms with E-state index in [0.29, 0.717) is 19.1 Å². The van der Waals surface area contributed by atoms with E-state index in [-0.39, 0.29) is 11.9 Å². The molecule has 0 radical (unpaired) electrons. The molecule has 0 saturated carbocycles. The largest absolute Gasteiger partial charge is 0.368 e. The van der Waals surface area contributed by atoms with E-state index in [1.165, 1.54) is 6.26 Å². The average Bonchev–Trinajstić information content (AvgIpc) is 2.76. The van der Waals surface area contributed by atoms with Crippen molar-refractivity contribution in [1.82, 2.24) is 14.1 Å². The molecule has 0 spiro atoms. The van der Waals surface area contributed by atoms with Gasteiger partial charge in [0.15, 0.2) is 0 Å². The predicted molar refractivity (Wildman–Crippen MR) is 97.6 cm³/mol. The molecule has 0 aromatic carbocycles. The number of nitrogens with zero attached hydrogens (tertiary/aromatic N) is 3. The number of fused-ring (bicyclic) bond motifs is 2. The van der Waals surface area contributed by atoms with E-state index >= 15 is 0 Å². The van der Waals surface area contributed by atoms with Crippen molar-refractivity contribution in [3.05, 3.63) is 0 Å². The van der Waals surface area contributed by atoms with Crippen molar-refractivity contribution < 1.29 is 13.2 Å². The van der Waals surface area contributed by atoms with E-state index in [4.69, 9.17) is 5.73 Å². The van der Waals surface area contributed by atoms with Crippen LogP contribution in [0.15, 0.2) is 0 Å². The van der Waals surface area contributed by atoms with Crippen LogP contribution >= 0.6 is 0 Å². The molecule has 3 fully saturated rings. The third kappa shape index (κ3) is 3.72. The summed E-state index contributed by atoms with van der Waals surface area (Å²) in [5.74, 6) is -0.168. The molecule has 3 atom stereocenters. The molecule has 3 heterocycles. The number of sulfonamides is 1. The number of nitrogens with two attached hydrogens (primary N) is 1. The van der Waals surface area contributed by atoms with Crippen LogP contribution in [0.25, 0.3) is 0 Å². The van der Waals surface area contributed by atoms with Crippen LogP contribution in [0.3, 0.4) is 0 Å². The summed E-state index contributed by atoms with van der Waals surface area (Å²) < 4.78 is 25.2. The lowest BCUT2D eigenvalue weighted by molar-refractivity contribution is -0.131. The van der Waals surface area contributed by atoms with Gasteiger partial charge in [-0.2, -0.15) is 0 Å². The first-order valence-electron chi connectivity index (χ1n) is 9.46. The second kappa shape index (κ2) is 7.13. The van der Waals surface area contributed by atoms with Crippen molar-refractivity contribution in [2.75, 3.05) is 39.5 Å². The van der Waals surface area contributed by atoms with Crippen LogP contribution in [0.5, 0.6) is 0 Å². The maximum Gasteiger partial charge on any atom is 0.237 e. The van der Waals surface area contributed by atoms with Crippen LogP contribution in [0, 0.1) is 0 Å². The maximum absolute atomic E-state index is 12.1. The van der Waals surface area contributed by atoms with E-state index < -0.39 is 15.6 Å². The quantitative estimate of drug-likeness (QED) is 0.720. The minimum Gasteiger partial charge on any atom is -0.368 e. The van der Waals surface area contributed by atoms with E-state index in [2.05, 4.69) is 16.8 Å². The molecule has 3 saturated heterocycles. The predicted octanol–water partition coefficient (Wildman–Crippen LogP) is 0.215. The highest BCUT2D eigenvalue weighted by molar-refractivity contribution is 7.88. The molecule has 7 nitrogen and oxygen atoms in total. The lowest BCUT2D eigenvalue weighted by Gasteiger charge is -2.44. The van der Waals surface area contributed by atoms with E-state index in [1.54, 1.807) is 4.31 Å². The average molecular weight is 373 g/mol. The number of amides is 1. The summed E-state index contributed by atoms with van der Waals surface area (Å²) in [5, 5.41) is 0. The number of hydrogen-bond acceptors (Lipinski definition) is 5. The molecule has 2 N–H and O–H groups in total. The normalized spacial score (nSPS) is 34.5. The molecule has 3 aliphatic heterocycles. The van der Waals surface area contributed by atoms with Crippen LogP contribution in [0.1, 0.15) is 44.9 Å². The number of rotatable bonds is 6. The fourth-order valence-electron chi connectivity index (χ4n) is 5.07. The van der Waals surface area contributed by atoms with Gasteiger partial charge in [-0.3, -0.25) is 9.69 Å². The molecule has 1 amide bonds. The number of likely N-dealkylation sites (N-methyl/N-ethyl adjacent to an activating group) is 1. The van der Waals surface area contributed by atoms with Crippen molar-refractivity contribution >= 4 is 15.9 Å². The topological polar surface area (TPSA) is 86.9 Å². The first-order valence-corrected chi connectivity index (χ1v) is 11.3. The van der Waals surface area contributed by atoms with Crippen molar-refractivity contribution in [3.63, 3.8) is 0 Å². The molecule has 0 aliphatic carbocycles. The Kier molecular flexibility index (Phi) is 5.44. The summed E-state index contributed by atoms with van der Waals surface area (Å²) in [7, 11) is -1.05. The lowest BCUT2D eigenvalue weighted by Crippen LogP contribution is -2.59. The highest BCUT2D eigenvalue weighted by Gasteiger charge is 2.52. The van der Waals surface area contributed by atoms with E-state index in [1.807, 2.05) is 0 Å². The van der Waals surface area contributed by atoms with Gasteiger partial charge in [-0.25, -0.2) is 12.7 Å². The van der Waals surface area contributed by atoms with Crippen LogP contribution < -0.4 is 5.73 Å². The van der Waals surface area contributed by atoms with Gasteiger partial charge in [0.1, 0.15) is 5.54 Å². The third-order valence-electron chi connectivity index (χ3n) is 6.61. The molecule has 3 rings (SSSR count). The van der Waals surface area contributed by atoms with Gasteiger partial charge >= 0.3 is 0 Å². The zero-order valence-corrected chi connectivity index (χ0v) is 16.3. The van der Waals surface area contributed by atoms with Crippen LogP contribution in [0.4, 0.5) is 0 Å². The van der Waals surface area contributed by atoms with Crippen LogP contribution in [-0.4, -0.2) is 85.5 Å². The lowest BCUT2D eigenvalue weighted by atomic mass is 9.87. The van der Waals surface area contributed by atoms with Gasteiger partial charge in [0.05, 0.1) is 6.26 Å². The molecule has 2 bridgehead atoms. The van der Waals surface area contributed by atoms with Crippen LogP contribution in [0.2, 0.25) is 0 Å². The Hall–Kier alpha value is -0.700. The fourth-order valence-corrected chi connectivity index (χ4v) is 5.97. The Morgan fingerprint density at radius 2 is 2.00 bits per heavy atom. The number of piperidine rings is 2. The Morgan fingerprint density at radius 3 is 2.68 bits per heavy atom. The SMILES string of the molecule is CN(CCN1[C@@H]2CCC[C@@]1(C(N)=O)CC2)[C@@H]1CCCN(S(C)(=O)=O)C1. The summed E-state index contributed by atoms with van der Waals surface area (Å²) in [6, 6.07) is 0.726. The Balaban J connectivity index is 1.60. The van der Waals surface area contributed by atoms with Gasteiger partial charge in [0, 0.05) is 38.3 Å². The van der Waals surface area contributed by atoms with Crippen molar-refractivity contribution in [2.45, 2.75) is 62.6 Å². The molecule has 3 aliphatic rings. The third-order valence-corrected chi connectivity index (χ3v) is 7.88. The van der Waals surface area contributed by atoms with E-state index in [9.17, 15) is 13.2 Å². The first-order chi connectivity index (χ1) is 11.7. The van der Waals surface area contributed by atoms with Crippen molar-refractivity contribution in [1.29, 1.82) is 0 Å². The zero-order chi connectivity index (χ0) is 18.2. The summed E-state index contributed by atoms with van der Waals surface area (Å²) in [5.41, 5.74) is 5.34. The second-order valence-electron chi connectivity index (χ2n) is 8.07. The number of hydrogen-bond donors (Lipinski definition) is 1. The van der Waals surface area contributed by atoms with Gasteiger partial charge in [-0.15, -0.1) is 0 Å². The molecular formula is C17H32N4O3S. The fraction of sp³-hybridized carbons (Fsp3) is 0.941. The maximum atomic E-state index is 12.1. The first kappa shape index (κ1) is 19.1. The molecule has 144 valence electrons. The Bertz CT molecular complexity index is 607. The minimum atomic E-state index is -3.12. The Labute approximate surface area is 151 Å². The molecule has 0 unspecified atom stereocenters. The summed E-state index contributed by atoms with van der Waals surface area (Å²) in [6.07, 6.45) is 8.30. The summed E-state index contributed by atoms with van der Waals surface area (Å²) in [4.78, 5) is 16.8. The van der Waals surface area contributed by atoms with Crippen molar-refractivity contribution in [3.8, 4) is 0 Å².